The Labute approximate surface area is 138 Å². The number of methoxy groups -OCH3 is 1. The van der Waals surface area contributed by atoms with Crippen LogP contribution >= 0.6 is 0 Å². The zero-order valence-corrected chi connectivity index (χ0v) is 13.7. The van der Waals surface area contributed by atoms with Gasteiger partial charge in [-0.2, -0.15) is 0 Å². The first-order valence-corrected chi connectivity index (χ1v) is 7.86. The number of nitrogens with one attached hydrogen (secondary N) is 1. The fourth-order valence-corrected chi connectivity index (χ4v) is 4.35. The van der Waals surface area contributed by atoms with E-state index in [9.17, 15) is 14.4 Å². The maximum atomic E-state index is 12.8. The molecule has 0 amide bonds. The summed E-state index contributed by atoms with van der Waals surface area (Å²) in [4.78, 5) is 38.8. The van der Waals surface area contributed by atoms with Crippen LogP contribution in [0.15, 0.2) is 22.5 Å². The topological polar surface area (TPSA) is 121 Å². The van der Waals surface area contributed by atoms with Gasteiger partial charge in [0.05, 0.1) is 23.4 Å². The number of allylic oxidation sites excluding steroid dienone is 2. The van der Waals surface area contributed by atoms with E-state index in [2.05, 4.69) is 5.32 Å². The highest BCUT2D eigenvalue weighted by atomic mass is 16.5. The number of Topliss-reactive ketones (excluding diaryl/α,β-unsaturated/α-hetero) is 2. The predicted octanol–water partition coefficient (Wildman–Crippen LogP) is -1.18. The van der Waals surface area contributed by atoms with Gasteiger partial charge in [0.15, 0.2) is 5.72 Å². The number of ketones is 2. The summed E-state index contributed by atoms with van der Waals surface area (Å²) >= 11 is 0. The van der Waals surface area contributed by atoms with Gasteiger partial charge in [0.2, 0.25) is 11.6 Å². The minimum Gasteiger partial charge on any atom is -0.465 e. The monoisotopic (exact) mass is 333 g/mol. The van der Waals surface area contributed by atoms with E-state index in [4.69, 9.17) is 15.2 Å². The Morgan fingerprint density at radius 3 is 2.75 bits per heavy atom. The van der Waals surface area contributed by atoms with Crippen LogP contribution in [-0.2, 0) is 23.9 Å². The molecule has 0 radical (unpaired) electrons. The molecular weight excluding hydrogens is 314 g/mol. The van der Waals surface area contributed by atoms with Crippen molar-refractivity contribution in [3.8, 4) is 0 Å². The molecule has 8 heteroatoms. The number of nitrogens with zero attached hydrogens (tertiary/aromatic N) is 1. The second kappa shape index (κ2) is 4.67. The molecule has 3 N–H and O–H groups in total. The van der Waals surface area contributed by atoms with Crippen LogP contribution in [-0.4, -0.2) is 60.5 Å². The van der Waals surface area contributed by atoms with Crippen molar-refractivity contribution in [1.29, 1.82) is 0 Å². The minimum atomic E-state index is -0.902. The molecule has 24 heavy (non-hydrogen) atoms. The molecule has 0 bridgehead atoms. The molecule has 0 aromatic rings. The maximum Gasteiger partial charge on any atom is 0.302 e. The SMILES string of the molecule is CO[C@]12[C@H](COC(C)=O)C3=C(C(=O)C(C)=C(N)C3=O)N1C[C@H]1N[C@H]12. The number of fused-ring (bicyclic) bond motifs is 4. The maximum absolute atomic E-state index is 12.8. The van der Waals surface area contributed by atoms with Crippen molar-refractivity contribution < 1.29 is 23.9 Å². The quantitative estimate of drug-likeness (QED) is 0.376. The van der Waals surface area contributed by atoms with Gasteiger partial charge in [-0.15, -0.1) is 0 Å². The number of ether oxygens (including phenoxy) is 2. The lowest BCUT2D eigenvalue weighted by molar-refractivity contribution is -0.156. The van der Waals surface area contributed by atoms with Crippen molar-refractivity contribution >= 4 is 17.5 Å². The largest absolute Gasteiger partial charge is 0.465 e. The zero-order chi connectivity index (χ0) is 17.4. The van der Waals surface area contributed by atoms with E-state index in [1.807, 2.05) is 4.90 Å². The fraction of sp³-hybridized carbons (Fsp3) is 0.562. The lowest BCUT2D eigenvalue weighted by Gasteiger charge is -2.39. The van der Waals surface area contributed by atoms with E-state index >= 15 is 0 Å². The van der Waals surface area contributed by atoms with Gasteiger partial charge in [-0.3, -0.25) is 14.4 Å². The van der Waals surface area contributed by atoms with Crippen LogP contribution in [0.3, 0.4) is 0 Å². The van der Waals surface area contributed by atoms with Gasteiger partial charge in [0.1, 0.15) is 6.61 Å². The van der Waals surface area contributed by atoms with Gasteiger partial charge in [0, 0.05) is 37.8 Å². The molecular formula is C16H19N3O5. The molecule has 3 heterocycles. The lowest BCUT2D eigenvalue weighted by atomic mass is 9.82. The summed E-state index contributed by atoms with van der Waals surface area (Å²) in [6.07, 6.45) is 0. The first kappa shape index (κ1) is 15.3. The average molecular weight is 333 g/mol. The van der Waals surface area contributed by atoms with Crippen LogP contribution in [0.5, 0.6) is 0 Å². The summed E-state index contributed by atoms with van der Waals surface area (Å²) in [6, 6.07) is 0.182. The van der Waals surface area contributed by atoms with Crippen LogP contribution in [0.25, 0.3) is 0 Å². The summed E-state index contributed by atoms with van der Waals surface area (Å²) in [5.41, 5.74) is 5.82. The molecule has 3 aliphatic heterocycles. The Balaban J connectivity index is 1.85. The highest BCUT2D eigenvalue weighted by molar-refractivity contribution is 6.25. The first-order valence-electron chi connectivity index (χ1n) is 7.86. The van der Waals surface area contributed by atoms with Crippen LogP contribution < -0.4 is 11.1 Å². The van der Waals surface area contributed by atoms with E-state index in [1.165, 1.54) is 6.92 Å². The molecule has 4 rings (SSSR count). The standard InChI is InChI=1S/C16H19N3O5/c1-6-11(17)14(22)10-8(5-24-7(2)20)16(23-3)15-9(18-15)4-19(16)12(10)13(6)21/h8-9,15,18H,4-5,17H2,1-3H3/t8-,9-,15-,16+/m1/s1. The molecule has 4 atom stereocenters. The zero-order valence-electron chi connectivity index (χ0n) is 13.7. The Bertz CT molecular complexity index is 755. The molecule has 0 unspecified atom stereocenters. The number of carbonyl (C=O) groups is 3. The Morgan fingerprint density at radius 2 is 2.12 bits per heavy atom. The van der Waals surface area contributed by atoms with Crippen LogP contribution in [0.2, 0.25) is 0 Å². The number of carbonyl (C=O) groups excluding carboxylic acids is 3. The van der Waals surface area contributed by atoms with Gasteiger partial charge in [-0.05, 0) is 6.92 Å². The number of esters is 1. The summed E-state index contributed by atoms with van der Waals surface area (Å²) in [5, 5.41) is 3.31. The van der Waals surface area contributed by atoms with Gasteiger partial charge in [-0.1, -0.05) is 0 Å². The smallest absolute Gasteiger partial charge is 0.302 e. The van der Waals surface area contributed by atoms with Gasteiger partial charge >= 0.3 is 5.97 Å². The number of hydrogen-bond acceptors (Lipinski definition) is 8. The highest BCUT2D eigenvalue weighted by Gasteiger charge is 2.72. The van der Waals surface area contributed by atoms with Gasteiger partial charge < -0.3 is 25.4 Å². The third-order valence-electron chi connectivity index (χ3n) is 5.54. The number of rotatable bonds is 3. The summed E-state index contributed by atoms with van der Waals surface area (Å²) in [5.74, 6) is -1.64. The van der Waals surface area contributed by atoms with Gasteiger partial charge in [-0.25, -0.2) is 0 Å². The van der Waals surface area contributed by atoms with Crippen LogP contribution in [0.1, 0.15) is 13.8 Å². The number of nitrogens with two attached hydrogens (primary N) is 1. The van der Waals surface area contributed by atoms with Crippen LogP contribution in [0, 0.1) is 5.92 Å². The fourth-order valence-electron chi connectivity index (χ4n) is 4.35. The van der Waals surface area contributed by atoms with Crippen molar-refractivity contribution in [2.75, 3.05) is 20.3 Å². The van der Waals surface area contributed by atoms with E-state index in [0.717, 1.165) is 0 Å². The molecule has 2 fully saturated rings. The second-order valence-corrected chi connectivity index (χ2v) is 6.63. The van der Waals surface area contributed by atoms with Crippen molar-refractivity contribution in [1.82, 2.24) is 10.2 Å². The molecule has 128 valence electrons. The molecule has 0 saturated carbocycles. The minimum absolute atomic E-state index is 0.0178. The van der Waals surface area contributed by atoms with E-state index < -0.39 is 17.6 Å². The highest BCUT2D eigenvalue weighted by Crippen LogP contribution is 2.55. The molecule has 2 saturated heterocycles. The molecule has 0 spiro atoms. The van der Waals surface area contributed by atoms with E-state index in [0.29, 0.717) is 17.8 Å². The Kier molecular flexibility index (Phi) is 2.99. The van der Waals surface area contributed by atoms with Crippen molar-refractivity contribution in [2.45, 2.75) is 31.7 Å². The summed E-state index contributed by atoms with van der Waals surface area (Å²) in [6.45, 7) is 3.40. The van der Waals surface area contributed by atoms with Gasteiger partial charge in [0.25, 0.3) is 0 Å². The molecule has 1 aliphatic carbocycles. The Morgan fingerprint density at radius 1 is 1.42 bits per heavy atom. The predicted molar refractivity (Wildman–Crippen MR) is 81.2 cm³/mol. The summed E-state index contributed by atoms with van der Waals surface area (Å²) < 4.78 is 11.0. The summed E-state index contributed by atoms with van der Waals surface area (Å²) in [7, 11) is 1.55. The van der Waals surface area contributed by atoms with Crippen molar-refractivity contribution in [3.63, 3.8) is 0 Å². The van der Waals surface area contributed by atoms with E-state index in [1.54, 1.807) is 14.0 Å². The lowest BCUT2D eigenvalue weighted by Crippen LogP contribution is -2.55. The normalized spacial score (nSPS) is 36.8. The van der Waals surface area contributed by atoms with Crippen LogP contribution in [0.4, 0.5) is 0 Å². The third-order valence-corrected chi connectivity index (χ3v) is 5.54. The molecule has 8 nitrogen and oxygen atoms in total. The second-order valence-electron chi connectivity index (χ2n) is 6.63. The third kappa shape index (κ3) is 1.62. The molecule has 0 aromatic heterocycles. The average Bonchev–Trinajstić information content (AvgIpc) is 3.16. The number of hydrogen-bond donors (Lipinski definition) is 2. The first-order chi connectivity index (χ1) is 11.3. The van der Waals surface area contributed by atoms with Crippen molar-refractivity contribution in [3.05, 3.63) is 22.5 Å². The molecule has 4 aliphatic rings. The van der Waals surface area contributed by atoms with E-state index in [-0.39, 0.29) is 41.5 Å². The molecule has 0 aromatic carbocycles. The van der Waals surface area contributed by atoms with Crippen molar-refractivity contribution in [2.24, 2.45) is 11.7 Å². The Hall–Kier alpha value is -2.19. The number of piperazine rings is 1.